The molecule has 5 nitrogen and oxygen atoms in total. The first kappa shape index (κ1) is 13.8. The quantitative estimate of drug-likeness (QED) is 0.844. The van der Waals surface area contributed by atoms with E-state index in [-0.39, 0.29) is 19.0 Å². The van der Waals surface area contributed by atoms with Gasteiger partial charge in [0.2, 0.25) is 5.91 Å². The highest BCUT2D eigenvalue weighted by molar-refractivity contribution is 7.19. The molecule has 2 heterocycles. The topological polar surface area (TPSA) is 66.9 Å². The number of aromatic nitrogens is 2. The molecule has 0 bridgehead atoms. The maximum atomic E-state index is 11.6. The fourth-order valence-corrected chi connectivity index (χ4v) is 3.83. The van der Waals surface area contributed by atoms with E-state index in [0.717, 1.165) is 28.9 Å². The minimum absolute atomic E-state index is 0.135. The van der Waals surface area contributed by atoms with Gasteiger partial charge in [-0.2, -0.15) is 0 Å². The molecule has 0 saturated heterocycles. The van der Waals surface area contributed by atoms with Crippen LogP contribution >= 0.6 is 11.3 Å². The Morgan fingerprint density at radius 1 is 1.38 bits per heavy atom. The molecule has 2 N–H and O–H groups in total. The van der Waals surface area contributed by atoms with Gasteiger partial charge in [0.25, 0.3) is 0 Å². The summed E-state index contributed by atoms with van der Waals surface area (Å²) in [5.74, 6) is 2.99. The summed E-state index contributed by atoms with van der Waals surface area (Å²) in [5.41, 5.74) is 1.35. The first-order valence-electron chi connectivity index (χ1n) is 6.99. The summed E-state index contributed by atoms with van der Waals surface area (Å²) in [7, 11) is 0. The number of aryl methyl sites for hydroxylation is 2. The van der Waals surface area contributed by atoms with E-state index < -0.39 is 0 Å². The number of hydrogen-bond donors (Lipinski definition) is 2. The largest absolute Gasteiger partial charge is 0.360 e. The lowest BCUT2D eigenvalue weighted by molar-refractivity contribution is -0.119. The Kier molecular flexibility index (Phi) is 4.02. The average Bonchev–Trinajstić information content (AvgIpc) is 2.90. The van der Waals surface area contributed by atoms with E-state index in [2.05, 4.69) is 26.5 Å². The van der Waals surface area contributed by atoms with Crippen LogP contribution < -0.4 is 10.6 Å². The number of carbonyl (C=O) groups excluding carboxylic acids is 1. The van der Waals surface area contributed by atoms with Crippen LogP contribution in [0, 0.1) is 12.3 Å². The minimum atomic E-state index is -0.135. The average molecular weight is 300 g/mol. The van der Waals surface area contributed by atoms with Crippen molar-refractivity contribution in [2.24, 2.45) is 0 Å². The Hall–Kier alpha value is -2.13. The first-order valence-corrected chi connectivity index (χ1v) is 7.80. The van der Waals surface area contributed by atoms with Crippen molar-refractivity contribution in [2.75, 3.05) is 18.4 Å². The van der Waals surface area contributed by atoms with Crippen LogP contribution in [-0.4, -0.2) is 29.0 Å². The number of hydrogen-bond acceptors (Lipinski definition) is 5. The van der Waals surface area contributed by atoms with E-state index in [1.807, 2.05) is 0 Å². The zero-order chi connectivity index (χ0) is 14.7. The lowest BCUT2D eigenvalue weighted by Gasteiger charge is -2.12. The Bertz CT molecular complexity index is 716. The lowest BCUT2D eigenvalue weighted by atomic mass is 9.97. The molecule has 0 aliphatic heterocycles. The molecule has 0 atom stereocenters. The molecule has 1 amide bonds. The van der Waals surface area contributed by atoms with Gasteiger partial charge in [-0.25, -0.2) is 9.97 Å². The van der Waals surface area contributed by atoms with E-state index >= 15 is 0 Å². The Labute approximate surface area is 127 Å². The van der Waals surface area contributed by atoms with Crippen LogP contribution in [0.5, 0.6) is 0 Å². The van der Waals surface area contributed by atoms with Crippen LogP contribution in [0.4, 0.5) is 5.82 Å². The van der Waals surface area contributed by atoms with Gasteiger partial charge in [0, 0.05) is 4.88 Å². The van der Waals surface area contributed by atoms with E-state index in [1.54, 1.807) is 17.7 Å². The molecule has 0 unspecified atom stereocenters. The third kappa shape index (κ3) is 2.83. The number of carbonyl (C=O) groups is 1. The van der Waals surface area contributed by atoms with Crippen LogP contribution in [-0.2, 0) is 17.6 Å². The van der Waals surface area contributed by atoms with Gasteiger partial charge in [0.05, 0.1) is 18.5 Å². The highest BCUT2D eigenvalue weighted by Gasteiger charge is 2.19. The fourth-order valence-electron chi connectivity index (χ4n) is 2.60. The Morgan fingerprint density at radius 2 is 2.24 bits per heavy atom. The second-order valence-corrected chi connectivity index (χ2v) is 6.03. The molecule has 0 aromatic carbocycles. The standard InChI is InChI=1S/C15H16N4OS/c1-2-7-16-12(20)8-17-14-13-10-5-3-4-6-11(10)21-15(13)19-9-18-14/h1,9H,3-8H2,(H,16,20)(H,17,18,19). The number of rotatable bonds is 4. The molecule has 108 valence electrons. The van der Waals surface area contributed by atoms with Gasteiger partial charge < -0.3 is 10.6 Å². The van der Waals surface area contributed by atoms with Crippen LogP contribution in [0.2, 0.25) is 0 Å². The van der Waals surface area contributed by atoms with Crippen molar-refractivity contribution in [1.29, 1.82) is 0 Å². The third-order valence-electron chi connectivity index (χ3n) is 3.56. The zero-order valence-electron chi connectivity index (χ0n) is 11.6. The van der Waals surface area contributed by atoms with Crippen molar-refractivity contribution in [3.8, 4) is 12.3 Å². The summed E-state index contributed by atoms with van der Waals surface area (Å²) in [5, 5.41) is 6.82. The van der Waals surface area contributed by atoms with Crippen LogP contribution in [0.15, 0.2) is 6.33 Å². The highest BCUT2D eigenvalue weighted by Crippen LogP contribution is 2.37. The molecule has 21 heavy (non-hydrogen) atoms. The van der Waals surface area contributed by atoms with E-state index in [0.29, 0.717) is 0 Å². The normalized spacial score (nSPS) is 13.5. The summed E-state index contributed by atoms with van der Waals surface area (Å²) < 4.78 is 0. The van der Waals surface area contributed by atoms with Crippen LogP contribution in [0.3, 0.4) is 0 Å². The molecule has 2 aromatic heterocycles. The summed E-state index contributed by atoms with van der Waals surface area (Å²) in [4.78, 5) is 22.7. The number of nitrogens with one attached hydrogen (secondary N) is 2. The van der Waals surface area contributed by atoms with E-state index in [9.17, 15) is 4.79 Å². The first-order chi connectivity index (χ1) is 10.3. The van der Waals surface area contributed by atoms with Gasteiger partial charge in [-0.1, -0.05) is 5.92 Å². The third-order valence-corrected chi connectivity index (χ3v) is 4.76. The molecule has 1 aliphatic carbocycles. The monoisotopic (exact) mass is 300 g/mol. The van der Waals surface area contributed by atoms with Gasteiger partial charge in [0.15, 0.2) is 0 Å². The minimum Gasteiger partial charge on any atom is -0.360 e. The molecule has 0 spiro atoms. The molecule has 3 rings (SSSR count). The number of thiophene rings is 1. The fraction of sp³-hybridized carbons (Fsp3) is 0.400. The van der Waals surface area contributed by atoms with Gasteiger partial charge in [0.1, 0.15) is 17.0 Å². The van der Waals surface area contributed by atoms with E-state index in [1.165, 1.54) is 23.3 Å². The number of anilines is 1. The molecule has 2 aromatic rings. The summed E-state index contributed by atoms with van der Waals surface area (Å²) in [6.07, 6.45) is 11.3. The van der Waals surface area contributed by atoms with Crippen molar-refractivity contribution in [2.45, 2.75) is 25.7 Å². The number of terminal acetylenes is 1. The molecule has 0 saturated carbocycles. The molecule has 1 aliphatic rings. The SMILES string of the molecule is C#CCNC(=O)CNc1ncnc2sc3c(c12)CCCC3. The van der Waals surface area contributed by atoms with Crippen molar-refractivity contribution < 1.29 is 4.79 Å². The summed E-state index contributed by atoms with van der Waals surface area (Å²) >= 11 is 1.74. The van der Waals surface area contributed by atoms with Gasteiger partial charge in [-0.15, -0.1) is 17.8 Å². The van der Waals surface area contributed by atoms with Gasteiger partial charge in [-0.05, 0) is 31.2 Å². The molecular formula is C15H16N4OS. The summed E-state index contributed by atoms with van der Waals surface area (Å²) in [6.45, 7) is 0.409. The highest BCUT2D eigenvalue weighted by atomic mass is 32.1. The Balaban J connectivity index is 1.84. The van der Waals surface area contributed by atoms with Crippen molar-refractivity contribution >= 4 is 33.3 Å². The lowest BCUT2D eigenvalue weighted by Crippen LogP contribution is -2.30. The smallest absolute Gasteiger partial charge is 0.240 e. The maximum Gasteiger partial charge on any atom is 0.240 e. The second kappa shape index (κ2) is 6.10. The van der Waals surface area contributed by atoms with Crippen molar-refractivity contribution in [1.82, 2.24) is 15.3 Å². The maximum absolute atomic E-state index is 11.6. The number of amides is 1. The molecule has 0 radical (unpaired) electrons. The number of nitrogens with zero attached hydrogens (tertiary/aromatic N) is 2. The Morgan fingerprint density at radius 3 is 3.10 bits per heavy atom. The van der Waals surface area contributed by atoms with Crippen molar-refractivity contribution in [3.63, 3.8) is 0 Å². The summed E-state index contributed by atoms with van der Waals surface area (Å²) in [6, 6.07) is 0. The predicted molar refractivity (Wildman–Crippen MR) is 84.4 cm³/mol. The predicted octanol–water partition coefficient (Wildman–Crippen LogP) is 1.73. The van der Waals surface area contributed by atoms with E-state index in [4.69, 9.17) is 6.42 Å². The van der Waals surface area contributed by atoms with Crippen molar-refractivity contribution in [3.05, 3.63) is 16.8 Å². The van der Waals surface area contributed by atoms with Gasteiger partial charge >= 0.3 is 0 Å². The second-order valence-electron chi connectivity index (χ2n) is 4.95. The molecule has 0 fully saturated rings. The van der Waals surface area contributed by atoms with Crippen LogP contribution in [0.1, 0.15) is 23.3 Å². The zero-order valence-corrected chi connectivity index (χ0v) is 12.4. The number of fused-ring (bicyclic) bond motifs is 3. The molecule has 6 heteroatoms. The van der Waals surface area contributed by atoms with Gasteiger partial charge in [-0.3, -0.25) is 4.79 Å². The molecular weight excluding hydrogens is 284 g/mol. The van der Waals surface area contributed by atoms with Crippen LogP contribution in [0.25, 0.3) is 10.2 Å².